The molecule has 1 aromatic heterocycles. The molecule has 0 bridgehead atoms. The molecule has 5 aromatic rings. The lowest BCUT2D eigenvalue weighted by molar-refractivity contribution is 0.0752. The zero-order valence-electron chi connectivity index (χ0n) is 25.2. The van der Waals surface area contributed by atoms with Gasteiger partial charge in [0.2, 0.25) is 0 Å². The summed E-state index contributed by atoms with van der Waals surface area (Å²) in [6, 6.07) is 32.1. The summed E-state index contributed by atoms with van der Waals surface area (Å²) >= 11 is 0. The number of carbonyl (C=O) groups excluding carboxylic acids is 2. The average Bonchev–Trinajstić information content (AvgIpc) is 3.21. The molecule has 44 heavy (non-hydrogen) atoms. The predicted octanol–water partition coefficient (Wildman–Crippen LogP) is 6.30. The number of amides is 2. The van der Waals surface area contributed by atoms with Crippen LogP contribution >= 0.6 is 0 Å². The molecular formula is C37H36N4O3. The first-order chi connectivity index (χ1) is 21.5. The second kappa shape index (κ2) is 11.7. The Bertz CT molecular complexity index is 1870. The van der Waals surface area contributed by atoms with E-state index in [2.05, 4.69) is 40.8 Å². The van der Waals surface area contributed by atoms with Crippen molar-refractivity contribution in [3.63, 3.8) is 0 Å². The van der Waals surface area contributed by atoms with Crippen LogP contribution in [-0.2, 0) is 13.1 Å². The molecule has 2 aliphatic heterocycles. The Kier molecular flexibility index (Phi) is 7.40. The number of ether oxygens (including phenoxy) is 1. The van der Waals surface area contributed by atoms with Crippen molar-refractivity contribution in [2.24, 2.45) is 0 Å². The number of hydrogen-bond donors (Lipinski definition) is 0. The fourth-order valence-electron chi connectivity index (χ4n) is 6.60. The lowest BCUT2D eigenvalue weighted by Gasteiger charge is -2.23. The summed E-state index contributed by atoms with van der Waals surface area (Å²) < 4.78 is 7.95. The maximum absolute atomic E-state index is 14.3. The van der Waals surface area contributed by atoms with Crippen LogP contribution in [0.1, 0.15) is 38.5 Å². The third-order valence-electron chi connectivity index (χ3n) is 9.00. The minimum atomic E-state index is -0.113. The molecular weight excluding hydrogens is 548 g/mol. The van der Waals surface area contributed by atoms with E-state index in [1.54, 1.807) is 7.11 Å². The van der Waals surface area contributed by atoms with Crippen LogP contribution in [0.15, 0.2) is 97.1 Å². The van der Waals surface area contributed by atoms with Gasteiger partial charge in [-0.25, -0.2) is 0 Å². The topological polar surface area (TPSA) is 58.0 Å². The number of benzene rings is 4. The Balaban J connectivity index is 1.23. The Morgan fingerprint density at radius 1 is 0.727 bits per heavy atom. The minimum absolute atomic E-state index is 0.0533. The zero-order valence-corrected chi connectivity index (χ0v) is 25.2. The highest BCUT2D eigenvalue weighted by atomic mass is 16.5. The van der Waals surface area contributed by atoms with Gasteiger partial charge in [0, 0.05) is 42.1 Å². The molecule has 0 saturated carbocycles. The molecule has 0 atom stereocenters. The van der Waals surface area contributed by atoms with Crippen molar-refractivity contribution in [2.45, 2.75) is 19.5 Å². The van der Waals surface area contributed by atoms with E-state index in [4.69, 9.17) is 4.74 Å². The molecule has 0 radical (unpaired) electrons. The number of para-hydroxylation sites is 1. The Morgan fingerprint density at radius 2 is 1.55 bits per heavy atom. The molecule has 7 heteroatoms. The second-order valence-electron chi connectivity index (χ2n) is 11.7. The number of fused-ring (bicyclic) bond motifs is 3. The molecule has 0 aliphatic carbocycles. The van der Waals surface area contributed by atoms with Gasteiger partial charge in [-0.05, 0) is 78.3 Å². The maximum Gasteiger partial charge on any atom is 0.270 e. The number of nitrogens with zero attached hydrogens (tertiary/aromatic N) is 4. The van der Waals surface area contributed by atoms with Crippen molar-refractivity contribution in [3.8, 4) is 16.9 Å². The summed E-state index contributed by atoms with van der Waals surface area (Å²) in [7, 11) is 3.75. The first kappa shape index (κ1) is 27.9. The quantitative estimate of drug-likeness (QED) is 0.249. The van der Waals surface area contributed by atoms with Crippen LogP contribution in [0.25, 0.3) is 21.9 Å². The van der Waals surface area contributed by atoms with Gasteiger partial charge in [0.15, 0.2) is 0 Å². The number of hydrogen-bond acceptors (Lipinski definition) is 4. The van der Waals surface area contributed by atoms with E-state index < -0.39 is 0 Å². The second-order valence-corrected chi connectivity index (χ2v) is 11.7. The molecule has 0 unspecified atom stereocenters. The largest absolute Gasteiger partial charge is 0.496 e. The highest BCUT2D eigenvalue weighted by Crippen LogP contribution is 2.37. The number of aromatic nitrogens is 1. The summed E-state index contributed by atoms with van der Waals surface area (Å²) in [5, 5.41) is 2.28. The lowest BCUT2D eigenvalue weighted by Crippen LogP contribution is -2.35. The van der Waals surface area contributed by atoms with Crippen molar-refractivity contribution in [1.82, 2.24) is 14.4 Å². The van der Waals surface area contributed by atoms with E-state index in [9.17, 15) is 9.59 Å². The number of likely N-dealkylation sites (N-methyl/N-ethyl adjacent to an activating group) is 1. The van der Waals surface area contributed by atoms with Crippen molar-refractivity contribution in [1.29, 1.82) is 0 Å². The monoisotopic (exact) mass is 584 g/mol. The van der Waals surface area contributed by atoms with Gasteiger partial charge in [0.25, 0.3) is 11.8 Å². The van der Waals surface area contributed by atoms with Gasteiger partial charge < -0.3 is 24.0 Å². The van der Waals surface area contributed by atoms with Crippen molar-refractivity contribution >= 4 is 28.3 Å². The van der Waals surface area contributed by atoms with Crippen LogP contribution in [0.2, 0.25) is 0 Å². The summed E-state index contributed by atoms with van der Waals surface area (Å²) in [6.45, 7) is 4.22. The molecule has 222 valence electrons. The fraction of sp³-hybridized carbons (Fsp3) is 0.243. The number of rotatable bonds is 4. The van der Waals surface area contributed by atoms with E-state index in [1.807, 2.05) is 82.6 Å². The SMILES string of the molecule is COc1cc(C(=O)N2Cc3ccc(C(=O)N4CCCN(C)CC4)n3Cc3ccccc32)ccc1-c1cccc2ccccc12. The molecule has 7 nitrogen and oxygen atoms in total. The van der Waals surface area contributed by atoms with Crippen LogP contribution in [0.5, 0.6) is 5.75 Å². The van der Waals surface area contributed by atoms with Gasteiger partial charge in [-0.15, -0.1) is 0 Å². The first-order valence-corrected chi connectivity index (χ1v) is 15.2. The van der Waals surface area contributed by atoms with Crippen LogP contribution in [-0.4, -0.2) is 66.5 Å². The lowest BCUT2D eigenvalue weighted by atomic mass is 9.96. The molecule has 2 aliphatic rings. The van der Waals surface area contributed by atoms with Gasteiger partial charge in [0.05, 0.1) is 20.2 Å². The molecule has 0 spiro atoms. The Labute approximate surface area is 257 Å². The molecule has 0 N–H and O–H groups in total. The van der Waals surface area contributed by atoms with Gasteiger partial charge in [-0.3, -0.25) is 9.59 Å². The highest BCUT2D eigenvalue weighted by Gasteiger charge is 2.29. The fourth-order valence-corrected chi connectivity index (χ4v) is 6.60. The Morgan fingerprint density at radius 3 is 2.43 bits per heavy atom. The van der Waals surface area contributed by atoms with E-state index >= 15 is 0 Å². The van der Waals surface area contributed by atoms with E-state index in [0.29, 0.717) is 36.6 Å². The number of carbonyl (C=O) groups is 2. The van der Waals surface area contributed by atoms with Crippen LogP contribution in [0.3, 0.4) is 0 Å². The predicted molar refractivity (Wildman–Crippen MR) is 174 cm³/mol. The first-order valence-electron chi connectivity index (χ1n) is 15.2. The smallest absolute Gasteiger partial charge is 0.270 e. The third kappa shape index (κ3) is 5.03. The van der Waals surface area contributed by atoms with Crippen molar-refractivity contribution in [2.75, 3.05) is 45.2 Å². The maximum atomic E-state index is 14.3. The number of methoxy groups -OCH3 is 1. The van der Waals surface area contributed by atoms with Crippen LogP contribution < -0.4 is 9.64 Å². The molecule has 1 saturated heterocycles. The van der Waals surface area contributed by atoms with Gasteiger partial charge in [-0.1, -0.05) is 60.7 Å². The van der Waals surface area contributed by atoms with Gasteiger partial charge in [-0.2, -0.15) is 0 Å². The highest BCUT2D eigenvalue weighted by molar-refractivity contribution is 6.08. The zero-order chi connectivity index (χ0) is 30.2. The minimum Gasteiger partial charge on any atom is -0.496 e. The van der Waals surface area contributed by atoms with Crippen LogP contribution in [0, 0.1) is 0 Å². The van der Waals surface area contributed by atoms with Gasteiger partial charge in [0.1, 0.15) is 11.4 Å². The normalized spacial score (nSPS) is 15.3. The third-order valence-corrected chi connectivity index (χ3v) is 9.00. The number of anilines is 1. The van der Waals surface area contributed by atoms with E-state index in [-0.39, 0.29) is 11.8 Å². The Hall–Kier alpha value is -4.88. The van der Waals surface area contributed by atoms with Crippen LogP contribution in [0.4, 0.5) is 5.69 Å². The van der Waals surface area contributed by atoms with Crippen molar-refractivity contribution in [3.05, 3.63) is 120 Å². The molecule has 7 rings (SSSR count). The average molecular weight is 585 g/mol. The molecule has 4 aromatic carbocycles. The summed E-state index contributed by atoms with van der Waals surface area (Å²) in [4.78, 5) is 34.1. The summed E-state index contributed by atoms with van der Waals surface area (Å²) in [5.41, 5.74) is 6.01. The van der Waals surface area contributed by atoms with Gasteiger partial charge >= 0.3 is 0 Å². The van der Waals surface area contributed by atoms with E-state index in [1.165, 1.54) is 0 Å². The molecule has 1 fully saturated rings. The van der Waals surface area contributed by atoms with E-state index in [0.717, 1.165) is 64.9 Å². The summed E-state index contributed by atoms with van der Waals surface area (Å²) in [6.07, 6.45) is 0.962. The summed E-state index contributed by atoms with van der Waals surface area (Å²) in [5.74, 6) is 0.588. The van der Waals surface area contributed by atoms with Crippen molar-refractivity contribution < 1.29 is 14.3 Å². The molecule has 2 amide bonds. The molecule has 3 heterocycles. The standard InChI is InChI=1S/C37H36N4O3/c1-38-19-8-20-39(22-21-38)37(43)34-18-16-29-25-41(33-14-6-4-10-28(33)24-40(29)34)36(42)27-15-17-32(35(23-27)44-2)31-13-7-11-26-9-3-5-12-30(26)31/h3-7,9-18,23H,8,19-22,24-25H2,1-2H3.